The van der Waals surface area contributed by atoms with E-state index >= 15 is 0 Å². The molecule has 116 valence electrons. The van der Waals surface area contributed by atoms with Crippen molar-refractivity contribution in [3.8, 4) is 0 Å². The van der Waals surface area contributed by atoms with Crippen LogP contribution in [0.25, 0.3) is 0 Å². The number of ether oxygens (including phenoxy) is 2. The Hall–Kier alpha value is -0.980. The lowest BCUT2D eigenvalue weighted by Crippen LogP contribution is -2.35. The second kappa shape index (κ2) is 8.34. The van der Waals surface area contributed by atoms with E-state index in [0.717, 1.165) is 19.4 Å². The molecule has 0 fully saturated rings. The number of hydrogen-bond donors (Lipinski definition) is 1. The molecule has 6 nitrogen and oxygen atoms in total. The number of rotatable bonds is 10. The predicted octanol–water partition coefficient (Wildman–Crippen LogP) is 1.90. The molecule has 0 radical (unpaired) electrons. The first kappa shape index (κ1) is 17.1. The monoisotopic (exact) mass is 285 g/mol. The summed E-state index contributed by atoms with van der Waals surface area (Å²) < 4.78 is 16.2. The molecule has 1 rings (SSSR count). The van der Waals surface area contributed by atoms with Crippen LogP contribution in [0.15, 0.2) is 4.52 Å². The molecule has 1 heterocycles. The van der Waals surface area contributed by atoms with E-state index in [0.29, 0.717) is 24.7 Å². The van der Waals surface area contributed by atoms with Gasteiger partial charge in [-0.2, -0.15) is 4.98 Å². The van der Waals surface area contributed by atoms with Crippen molar-refractivity contribution >= 4 is 0 Å². The molecule has 0 amide bonds. The summed E-state index contributed by atoms with van der Waals surface area (Å²) in [4.78, 5) is 4.50. The maximum atomic E-state index is 5.61. The third kappa shape index (κ3) is 4.01. The van der Waals surface area contributed by atoms with Gasteiger partial charge in [0.2, 0.25) is 11.7 Å². The average molecular weight is 285 g/mol. The first-order chi connectivity index (χ1) is 9.65. The molecule has 20 heavy (non-hydrogen) atoms. The van der Waals surface area contributed by atoms with Crippen LogP contribution in [0.4, 0.5) is 0 Å². The van der Waals surface area contributed by atoms with Crippen LogP contribution in [0.2, 0.25) is 0 Å². The van der Waals surface area contributed by atoms with Crippen LogP contribution in [0.3, 0.4) is 0 Å². The zero-order valence-corrected chi connectivity index (χ0v) is 13.2. The van der Waals surface area contributed by atoms with Crippen LogP contribution in [-0.2, 0) is 21.5 Å². The molecule has 0 saturated carbocycles. The quantitative estimate of drug-likeness (QED) is 0.708. The van der Waals surface area contributed by atoms with Gasteiger partial charge in [-0.1, -0.05) is 25.9 Å². The number of aromatic nitrogens is 2. The highest BCUT2D eigenvalue weighted by atomic mass is 16.5. The number of nitrogens with one attached hydrogen (secondary N) is 1. The fourth-order valence-electron chi connectivity index (χ4n) is 2.36. The van der Waals surface area contributed by atoms with Gasteiger partial charge in [0.15, 0.2) is 0 Å². The summed E-state index contributed by atoms with van der Waals surface area (Å²) in [6.07, 6.45) is 2.28. The van der Waals surface area contributed by atoms with Crippen molar-refractivity contribution in [1.82, 2.24) is 15.5 Å². The summed E-state index contributed by atoms with van der Waals surface area (Å²) in [6, 6.07) is 0.179. The Morgan fingerprint density at radius 1 is 1.25 bits per heavy atom. The number of hydrogen-bond acceptors (Lipinski definition) is 6. The highest BCUT2D eigenvalue weighted by Crippen LogP contribution is 2.30. The van der Waals surface area contributed by atoms with E-state index in [1.54, 1.807) is 14.2 Å². The Balaban J connectivity index is 2.80. The average Bonchev–Trinajstić information content (AvgIpc) is 2.91. The van der Waals surface area contributed by atoms with E-state index in [1.165, 1.54) is 0 Å². The Kier molecular flexibility index (Phi) is 7.12. The Morgan fingerprint density at radius 3 is 2.45 bits per heavy atom. The summed E-state index contributed by atoms with van der Waals surface area (Å²) in [5.74, 6) is 1.25. The van der Waals surface area contributed by atoms with E-state index in [-0.39, 0.29) is 6.04 Å². The number of nitrogens with zero attached hydrogens (tertiary/aromatic N) is 2. The lowest BCUT2D eigenvalue weighted by Gasteiger charge is -2.25. The summed E-state index contributed by atoms with van der Waals surface area (Å²) >= 11 is 0. The van der Waals surface area contributed by atoms with Crippen LogP contribution < -0.4 is 5.32 Å². The van der Waals surface area contributed by atoms with Gasteiger partial charge in [0, 0.05) is 26.7 Å². The van der Waals surface area contributed by atoms with Gasteiger partial charge in [0.25, 0.3) is 0 Å². The van der Waals surface area contributed by atoms with Gasteiger partial charge in [-0.05, 0) is 19.4 Å². The molecule has 6 heteroatoms. The first-order valence-electron chi connectivity index (χ1n) is 7.26. The highest BCUT2D eigenvalue weighted by Gasteiger charge is 2.33. The van der Waals surface area contributed by atoms with Crippen LogP contribution in [0.1, 0.15) is 45.3 Å². The molecule has 0 aliphatic rings. The van der Waals surface area contributed by atoms with Crippen LogP contribution >= 0.6 is 0 Å². The van der Waals surface area contributed by atoms with Crippen molar-refractivity contribution in [3.63, 3.8) is 0 Å². The summed E-state index contributed by atoms with van der Waals surface area (Å²) in [5, 5.41) is 7.43. The van der Waals surface area contributed by atoms with Crippen LogP contribution in [-0.4, -0.2) is 43.6 Å². The summed E-state index contributed by atoms with van der Waals surface area (Å²) in [5.41, 5.74) is -0.448. The van der Waals surface area contributed by atoms with Gasteiger partial charge in [-0.15, -0.1) is 0 Å². The van der Waals surface area contributed by atoms with E-state index in [1.807, 2.05) is 0 Å². The molecule has 0 aliphatic carbocycles. The van der Waals surface area contributed by atoms with Gasteiger partial charge in [0.1, 0.15) is 5.60 Å². The lowest BCUT2D eigenvalue weighted by molar-refractivity contribution is -0.0306. The summed E-state index contributed by atoms with van der Waals surface area (Å²) in [6.45, 7) is 7.68. The standard InChI is InChI=1S/C14H27N3O3/c1-6-14(7-2,19-5)13-16-12(20-17-13)9-11(10-18-4)15-8-3/h11,15H,6-10H2,1-5H3. The molecule has 1 N–H and O–H groups in total. The van der Waals surface area contributed by atoms with E-state index in [2.05, 4.69) is 36.2 Å². The van der Waals surface area contributed by atoms with Crippen molar-refractivity contribution in [3.05, 3.63) is 11.7 Å². The van der Waals surface area contributed by atoms with E-state index < -0.39 is 5.60 Å². The third-order valence-electron chi connectivity index (χ3n) is 3.69. The van der Waals surface area contributed by atoms with Gasteiger partial charge >= 0.3 is 0 Å². The van der Waals surface area contributed by atoms with Crippen molar-refractivity contribution < 1.29 is 14.0 Å². The fraction of sp³-hybridized carbons (Fsp3) is 0.857. The molecule has 1 aromatic rings. The van der Waals surface area contributed by atoms with Gasteiger partial charge in [-0.25, -0.2) is 0 Å². The second-order valence-corrected chi connectivity index (χ2v) is 4.83. The molecule has 1 aromatic heterocycles. The van der Waals surface area contributed by atoms with Gasteiger partial charge in [0.05, 0.1) is 6.61 Å². The second-order valence-electron chi connectivity index (χ2n) is 4.83. The zero-order valence-electron chi connectivity index (χ0n) is 13.2. The zero-order chi connectivity index (χ0) is 15.0. The third-order valence-corrected chi connectivity index (χ3v) is 3.69. The fourth-order valence-corrected chi connectivity index (χ4v) is 2.36. The van der Waals surface area contributed by atoms with Crippen molar-refractivity contribution in [1.29, 1.82) is 0 Å². The topological polar surface area (TPSA) is 69.4 Å². The number of methoxy groups -OCH3 is 2. The van der Waals surface area contributed by atoms with Crippen molar-refractivity contribution in [2.45, 2.75) is 51.7 Å². The maximum Gasteiger partial charge on any atom is 0.228 e. The van der Waals surface area contributed by atoms with Crippen molar-refractivity contribution in [2.24, 2.45) is 0 Å². The van der Waals surface area contributed by atoms with Crippen LogP contribution in [0.5, 0.6) is 0 Å². The normalized spacial score (nSPS) is 13.7. The SMILES string of the molecule is CCNC(COC)Cc1nc(C(CC)(CC)OC)no1. The number of likely N-dealkylation sites (N-methyl/N-ethyl adjacent to an activating group) is 1. The molecule has 0 saturated heterocycles. The lowest BCUT2D eigenvalue weighted by atomic mass is 9.96. The maximum absolute atomic E-state index is 5.61. The molecular formula is C14H27N3O3. The Labute approximate surface area is 121 Å². The minimum absolute atomic E-state index is 0.179. The molecule has 0 aliphatic heterocycles. The highest BCUT2D eigenvalue weighted by molar-refractivity contribution is 5.01. The molecule has 0 aromatic carbocycles. The van der Waals surface area contributed by atoms with Crippen LogP contribution in [0, 0.1) is 0 Å². The minimum Gasteiger partial charge on any atom is -0.383 e. The molecule has 0 bridgehead atoms. The molecule has 0 spiro atoms. The van der Waals surface area contributed by atoms with Gasteiger partial charge < -0.3 is 19.3 Å². The first-order valence-corrected chi connectivity index (χ1v) is 7.26. The van der Waals surface area contributed by atoms with Gasteiger partial charge in [-0.3, -0.25) is 0 Å². The summed E-state index contributed by atoms with van der Waals surface area (Å²) in [7, 11) is 3.38. The minimum atomic E-state index is -0.448. The predicted molar refractivity (Wildman–Crippen MR) is 76.6 cm³/mol. The van der Waals surface area contributed by atoms with Crippen molar-refractivity contribution in [2.75, 3.05) is 27.4 Å². The van der Waals surface area contributed by atoms with E-state index in [4.69, 9.17) is 14.0 Å². The Bertz CT molecular complexity index is 363. The molecular weight excluding hydrogens is 258 g/mol. The smallest absolute Gasteiger partial charge is 0.228 e. The largest absolute Gasteiger partial charge is 0.383 e. The molecule has 1 unspecified atom stereocenters. The Morgan fingerprint density at radius 2 is 1.95 bits per heavy atom. The van der Waals surface area contributed by atoms with E-state index in [9.17, 15) is 0 Å². The molecule has 1 atom stereocenters.